The van der Waals surface area contributed by atoms with Crippen LogP contribution in [0.15, 0.2) is 35.3 Å². The minimum atomic E-state index is -1.04. The summed E-state index contributed by atoms with van der Waals surface area (Å²) in [4.78, 5) is 35.2. The molecule has 7 nitrogen and oxygen atoms in total. The van der Waals surface area contributed by atoms with Gasteiger partial charge in [-0.3, -0.25) is 19.7 Å². The molecular weight excluding hydrogens is 284 g/mol. The van der Waals surface area contributed by atoms with Crippen LogP contribution in [0.4, 0.5) is 5.69 Å². The Bertz CT molecular complexity index is 688. The van der Waals surface area contributed by atoms with Crippen LogP contribution in [0.2, 0.25) is 0 Å². The lowest BCUT2D eigenvalue weighted by Crippen LogP contribution is -2.14. The number of carboxylic acids is 1. The number of hydrogen-bond acceptors (Lipinski definition) is 5. The maximum Gasteiger partial charge on any atom is 0.311 e. The first-order chi connectivity index (χ1) is 9.47. The highest BCUT2D eigenvalue weighted by atomic mass is 32.1. The van der Waals surface area contributed by atoms with E-state index < -0.39 is 16.8 Å². The maximum atomic E-state index is 11.3. The molecule has 8 heteroatoms. The Morgan fingerprint density at radius 1 is 1.40 bits per heavy atom. The lowest BCUT2D eigenvalue weighted by Gasteiger charge is -2.11. The second-order valence-electron chi connectivity index (χ2n) is 4.09. The van der Waals surface area contributed by atoms with Crippen molar-refractivity contribution >= 4 is 23.0 Å². The van der Waals surface area contributed by atoms with Crippen molar-refractivity contribution in [2.75, 3.05) is 0 Å². The Morgan fingerprint density at radius 3 is 2.50 bits per heavy atom. The van der Waals surface area contributed by atoms with Gasteiger partial charge >= 0.3 is 10.8 Å². The molecule has 1 aromatic heterocycles. The van der Waals surface area contributed by atoms with Crippen molar-refractivity contribution in [1.82, 2.24) is 4.98 Å². The fraction of sp³-hybridized carbons (Fsp3) is 0.167. The number of nitro benzene ring substituents is 1. The zero-order valence-corrected chi connectivity index (χ0v) is 10.9. The highest BCUT2D eigenvalue weighted by Gasteiger charge is 2.22. The maximum absolute atomic E-state index is 11.3. The van der Waals surface area contributed by atoms with Crippen molar-refractivity contribution in [2.24, 2.45) is 0 Å². The van der Waals surface area contributed by atoms with Crippen molar-refractivity contribution in [3.63, 3.8) is 0 Å². The molecule has 1 heterocycles. The van der Waals surface area contributed by atoms with Crippen molar-refractivity contribution in [3.8, 4) is 0 Å². The van der Waals surface area contributed by atoms with Crippen LogP contribution >= 0.6 is 11.3 Å². The van der Waals surface area contributed by atoms with Crippen LogP contribution in [-0.2, 0) is 11.2 Å². The van der Waals surface area contributed by atoms with E-state index >= 15 is 0 Å². The zero-order valence-electron chi connectivity index (χ0n) is 10.1. The molecule has 0 saturated carbocycles. The number of hydrogen-bond donors (Lipinski definition) is 2. The molecule has 0 radical (unpaired) electrons. The largest absolute Gasteiger partial charge is 0.481 e. The molecule has 2 rings (SSSR count). The summed E-state index contributed by atoms with van der Waals surface area (Å²) in [5, 5.41) is 19.8. The molecule has 0 aliphatic heterocycles. The number of thiazole rings is 1. The summed E-state index contributed by atoms with van der Waals surface area (Å²) >= 11 is 0.954. The first-order valence-corrected chi connectivity index (χ1v) is 6.43. The predicted octanol–water partition coefficient (Wildman–Crippen LogP) is 1.76. The molecule has 0 aliphatic rings. The van der Waals surface area contributed by atoms with Gasteiger partial charge in [0, 0.05) is 29.6 Å². The Balaban J connectivity index is 2.26. The summed E-state index contributed by atoms with van der Waals surface area (Å²) in [6.45, 7) is 0. The Labute approximate surface area is 116 Å². The van der Waals surface area contributed by atoms with Gasteiger partial charge in [-0.1, -0.05) is 23.5 Å². The molecule has 0 unspecified atom stereocenters. The van der Waals surface area contributed by atoms with Gasteiger partial charge in [-0.15, -0.1) is 0 Å². The molecule has 20 heavy (non-hydrogen) atoms. The van der Waals surface area contributed by atoms with Gasteiger partial charge in [0.1, 0.15) is 0 Å². The van der Waals surface area contributed by atoms with Crippen LogP contribution in [0.25, 0.3) is 0 Å². The van der Waals surface area contributed by atoms with Crippen molar-refractivity contribution in [3.05, 3.63) is 60.7 Å². The van der Waals surface area contributed by atoms with Crippen LogP contribution in [0.5, 0.6) is 0 Å². The number of carboxylic acid groups (broad SMARTS) is 1. The Kier molecular flexibility index (Phi) is 3.94. The standard InChI is InChI=1S/C12H10N2O5S/c15-11(16)10(5-9-6-13-12(17)20-9)7-1-3-8(4-2-7)14(18)19/h1-4,6,10H,5H2,(H,13,17)(H,15,16)/t10-/m0/s1. The lowest BCUT2D eigenvalue weighted by molar-refractivity contribution is -0.384. The average Bonchev–Trinajstić information content (AvgIpc) is 2.81. The molecule has 0 amide bonds. The third kappa shape index (κ3) is 3.09. The highest BCUT2D eigenvalue weighted by molar-refractivity contribution is 7.09. The lowest BCUT2D eigenvalue weighted by atomic mass is 9.95. The first-order valence-electron chi connectivity index (χ1n) is 5.62. The summed E-state index contributed by atoms with van der Waals surface area (Å²) < 4.78 is 0. The summed E-state index contributed by atoms with van der Waals surface area (Å²) in [7, 11) is 0. The molecule has 1 aromatic carbocycles. The summed E-state index contributed by atoms with van der Waals surface area (Å²) in [5.74, 6) is -1.89. The second-order valence-corrected chi connectivity index (χ2v) is 5.19. The molecule has 2 N–H and O–H groups in total. The molecular formula is C12H10N2O5S. The molecule has 0 spiro atoms. The SMILES string of the molecule is O=C(O)[C@@H](Cc1c[nH]c(=O)s1)c1ccc([N+](=O)[O-])cc1. The minimum Gasteiger partial charge on any atom is -0.481 e. The molecule has 0 fully saturated rings. The summed E-state index contributed by atoms with van der Waals surface area (Å²) in [5.41, 5.74) is 0.369. The number of rotatable bonds is 5. The van der Waals surface area contributed by atoms with Crippen LogP contribution in [-0.4, -0.2) is 21.0 Å². The fourth-order valence-corrected chi connectivity index (χ4v) is 2.52. The van der Waals surface area contributed by atoms with E-state index in [1.54, 1.807) is 0 Å². The van der Waals surface area contributed by atoms with E-state index in [-0.39, 0.29) is 17.0 Å². The van der Waals surface area contributed by atoms with Gasteiger partial charge in [0.25, 0.3) is 5.69 Å². The van der Waals surface area contributed by atoms with E-state index in [9.17, 15) is 24.8 Å². The molecule has 104 valence electrons. The number of carbonyl (C=O) groups is 1. The van der Waals surface area contributed by atoms with Crippen LogP contribution < -0.4 is 4.87 Å². The number of benzene rings is 1. The van der Waals surface area contributed by atoms with E-state index in [0.717, 1.165) is 11.3 Å². The Hall–Kier alpha value is -2.48. The number of aromatic amines is 1. The fourth-order valence-electron chi connectivity index (χ4n) is 1.80. The molecule has 0 saturated heterocycles. The molecule has 0 bridgehead atoms. The van der Waals surface area contributed by atoms with Gasteiger partial charge in [0.15, 0.2) is 0 Å². The van der Waals surface area contributed by atoms with E-state index in [2.05, 4.69) is 4.98 Å². The smallest absolute Gasteiger partial charge is 0.311 e. The zero-order chi connectivity index (χ0) is 14.7. The van der Waals surface area contributed by atoms with Crippen molar-refractivity contribution in [2.45, 2.75) is 12.3 Å². The number of H-pyrrole nitrogens is 1. The molecule has 0 aliphatic carbocycles. The molecule has 1 atom stereocenters. The second kappa shape index (κ2) is 5.66. The number of aliphatic carboxylic acids is 1. The molecule has 2 aromatic rings. The highest BCUT2D eigenvalue weighted by Crippen LogP contribution is 2.24. The summed E-state index contributed by atoms with van der Waals surface area (Å²) in [6, 6.07) is 5.38. The van der Waals surface area contributed by atoms with Gasteiger partial charge in [-0.2, -0.15) is 0 Å². The first kappa shape index (κ1) is 13.9. The van der Waals surface area contributed by atoms with Crippen molar-refractivity contribution in [1.29, 1.82) is 0 Å². The number of aromatic nitrogens is 1. The number of nitrogens with one attached hydrogen (secondary N) is 1. The summed E-state index contributed by atoms with van der Waals surface area (Å²) in [6.07, 6.45) is 1.64. The van der Waals surface area contributed by atoms with Crippen LogP contribution in [0.3, 0.4) is 0 Å². The van der Waals surface area contributed by atoms with E-state index in [1.807, 2.05) is 0 Å². The minimum absolute atomic E-state index is 0.0933. The number of nitro groups is 1. The van der Waals surface area contributed by atoms with Crippen molar-refractivity contribution < 1.29 is 14.8 Å². The van der Waals surface area contributed by atoms with Gasteiger partial charge in [0.05, 0.1) is 10.8 Å². The predicted molar refractivity (Wildman–Crippen MR) is 72.1 cm³/mol. The van der Waals surface area contributed by atoms with E-state index in [4.69, 9.17) is 0 Å². The Morgan fingerprint density at radius 2 is 2.05 bits per heavy atom. The quantitative estimate of drug-likeness (QED) is 0.644. The average molecular weight is 294 g/mol. The third-order valence-electron chi connectivity index (χ3n) is 2.78. The topological polar surface area (TPSA) is 113 Å². The van der Waals surface area contributed by atoms with Gasteiger partial charge in [-0.05, 0) is 5.56 Å². The monoisotopic (exact) mass is 294 g/mol. The van der Waals surface area contributed by atoms with Gasteiger partial charge in [-0.25, -0.2) is 0 Å². The van der Waals surface area contributed by atoms with Gasteiger partial charge in [0.2, 0.25) is 0 Å². The van der Waals surface area contributed by atoms with Crippen LogP contribution in [0.1, 0.15) is 16.4 Å². The normalized spacial score (nSPS) is 12.0. The van der Waals surface area contributed by atoms with Crippen LogP contribution in [0, 0.1) is 10.1 Å². The third-order valence-corrected chi connectivity index (χ3v) is 3.63. The number of nitrogens with zero attached hydrogens (tertiary/aromatic N) is 1. The van der Waals surface area contributed by atoms with Gasteiger partial charge < -0.3 is 10.1 Å². The van der Waals surface area contributed by atoms with E-state index in [1.165, 1.54) is 30.5 Å². The van der Waals surface area contributed by atoms with E-state index in [0.29, 0.717) is 10.4 Å². The number of non-ortho nitro benzene ring substituents is 1.